The first-order chi connectivity index (χ1) is 14.7. The monoisotopic (exact) mass is 402 g/mol. The zero-order valence-corrected chi connectivity index (χ0v) is 17.2. The van der Waals surface area contributed by atoms with Crippen LogP contribution in [0.2, 0.25) is 0 Å². The Kier molecular flexibility index (Phi) is 6.28. The summed E-state index contributed by atoms with van der Waals surface area (Å²) in [6, 6.07) is 15.8. The van der Waals surface area contributed by atoms with Crippen LogP contribution in [0.1, 0.15) is 24.8 Å². The Balaban J connectivity index is 1.28. The van der Waals surface area contributed by atoms with Gasteiger partial charge in [-0.3, -0.25) is 9.78 Å². The first-order valence-electron chi connectivity index (χ1n) is 10.3. The molecule has 5 nitrogen and oxygen atoms in total. The van der Waals surface area contributed by atoms with Gasteiger partial charge in [-0.15, -0.1) is 0 Å². The van der Waals surface area contributed by atoms with Crippen molar-refractivity contribution >= 4 is 22.3 Å². The molecule has 3 aromatic rings. The lowest BCUT2D eigenvalue weighted by Crippen LogP contribution is -2.34. The Hall–Kier alpha value is -3.34. The zero-order chi connectivity index (χ0) is 20.8. The molecular weight excluding hydrogens is 376 g/mol. The zero-order valence-electron chi connectivity index (χ0n) is 17.2. The molecule has 4 rings (SSSR count). The molecule has 0 radical (unpaired) electrons. The van der Waals surface area contributed by atoms with Gasteiger partial charge in [0.2, 0.25) is 5.91 Å². The van der Waals surface area contributed by atoms with E-state index in [2.05, 4.69) is 29.3 Å². The number of hydrogen-bond donors (Lipinski definition) is 0. The third kappa shape index (κ3) is 4.62. The normalized spacial score (nSPS) is 13.8. The van der Waals surface area contributed by atoms with E-state index in [1.54, 1.807) is 7.11 Å². The van der Waals surface area contributed by atoms with Gasteiger partial charge < -0.3 is 14.4 Å². The van der Waals surface area contributed by atoms with Crippen LogP contribution in [0.5, 0.6) is 11.5 Å². The summed E-state index contributed by atoms with van der Waals surface area (Å²) in [6.45, 7) is 1.92. The van der Waals surface area contributed by atoms with Crippen LogP contribution in [-0.2, 0) is 4.79 Å². The molecule has 154 valence electrons. The maximum absolute atomic E-state index is 12.6. The van der Waals surface area contributed by atoms with Crippen LogP contribution in [0, 0.1) is 0 Å². The van der Waals surface area contributed by atoms with Crippen LogP contribution >= 0.6 is 0 Å². The van der Waals surface area contributed by atoms with Crippen molar-refractivity contribution < 1.29 is 14.3 Å². The van der Waals surface area contributed by atoms with E-state index in [0.29, 0.717) is 26.0 Å². The summed E-state index contributed by atoms with van der Waals surface area (Å²) in [6.07, 6.45) is 8.04. The quantitative estimate of drug-likeness (QED) is 0.537. The van der Waals surface area contributed by atoms with Crippen molar-refractivity contribution in [2.24, 2.45) is 0 Å². The number of carbonyl (C=O) groups excluding carboxylic acids is 1. The summed E-state index contributed by atoms with van der Waals surface area (Å²) < 4.78 is 10.9. The molecular formula is C25H26N2O3. The number of nitrogens with zero attached hydrogens (tertiary/aromatic N) is 2. The third-order valence-electron chi connectivity index (χ3n) is 5.44. The first-order valence-corrected chi connectivity index (χ1v) is 10.3. The highest BCUT2D eigenvalue weighted by Crippen LogP contribution is 2.28. The van der Waals surface area contributed by atoms with E-state index < -0.39 is 0 Å². The standard InChI is InChI=1S/C25H26N2O3/c1-29-21-8-10-22(11-9-21)30-16-4-7-25(28)27-14-12-19(13-15-27)24-18-26-17-20-5-2-3-6-23(20)24/h2-3,5-6,8-12,17-18H,4,7,13-16H2,1H3. The number of aromatic nitrogens is 1. The second-order valence-corrected chi connectivity index (χ2v) is 7.35. The summed E-state index contributed by atoms with van der Waals surface area (Å²) in [7, 11) is 1.64. The van der Waals surface area contributed by atoms with Gasteiger partial charge in [0.15, 0.2) is 0 Å². The smallest absolute Gasteiger partial charge is 0.222 e. The van der Waals surface area contributed by atoms with Crippen LogP contribution in [0.25, 0.3) is 16.3 Å². The molecule has 0 unspecified atom stereocenters. The minimum atomic E-state index is 0.180. The van der Waals surface area contributed by atoms with Crippen LogP contribution < -0.4 is 9.47 Å². The lowest BCUT2D eigenvalue weighted by Gasteiger charge is -2.27. The van der Waals surface area contributed by atoms with Gasteiger partial charge in [0.05, 0.1) is 13.7 Å². The summed E-state index contributed by atoms with van der Waals surface area (Å²) in [5, 5.41) is 2.36. The van der Waals surface area contributed by atoms with Crippen molar-refractivity contribution in [2.75, 3.05) is 26.8 Å². The molecule has 1 aliphatic rings. The first kappa shape index (κ1) is 20.0. The molecule has 0 N–H and O–H groups in total. The molecule has 0 spiro atoms. The fraction of sp³-hybridized carbons (Fsp3) is 0.280. The van der Waals surface area contributed by atoms with E-state index in [1.807, 2.05) is 47.6 Å². The number of rotatable bonds is 7. The Morgan fingerprint density at radius 2 is 1.87 bits per heavy atom. The lowest BCUT2D eigenvalue weighted by atomic mass is 9.96. The van der Waals surface area contributed by atoms with Gasteiger partial charge >= 0.3 is 0 Å². The van der Waals surface area contributed by atoms with Crippen molar-refractivity contribution in [3.8, 4) is 11.5 Å². The number of methoxy groups -OCH3 is 1. The van der Waals surface area contributed by atoms with E-state index in [-0.39, 0.29) is 5.91 Å². The molecule has 30 heavy (non-hydrogen) atoms. The van der Waals surface area contributed by atoms with Gasteiger partial charge in [0.1, 0.15) is 11.5 Å². The van der Waals surface area contributed by atoms with Crippen LogP contribution in [0.4, 0.5) is 0 Å². The summed E-state index contributed by atoms with van der Waals surface area (Å²) in [5.41, 5.74) is 2.44. The number of pyridine rings is 1. The third-order valence-corrected chi connectivity index (χ3v) is 5.44. The van der Waals surface area contributed by atoms with Crippen molar-refractivity contribution in [2.45, 2.75) is 19.3 Å². The Morgan fingerprint density at radius 1 is 1.07 bits per heavy atom. The van der Waals surface area contributed by atoms with Crippen LogP contribution in [0.15, 0.2) is 67.0 Å². The molecule has 5 heteroatoms. The number of ether oxygens (including phenoxy) is 2. The number of carbonyl (C=O) groups is 1. The van der Waals surface area contributed by atoms with E-state index in [9.17, 15) is 4.79 Å². The molecule has 0 bridgehead atoms. The van der Waals surface area contributed by atoms with Gasteiger partial charge in [-0.25, -0.2) is 0 Å². The van der Waals surface area contributed by atoms with Crippen molar-refractivity contribution in [3.05, 3.63) is 72.6 Å². The minimum Gasteiger partial charge on any atom is -0.497 e. The molecule has 0 atom stereocenters. The summed E-state index contributed by atoms with van der Waals surface area (Å²) in [4.78, 5) is 18.9. The van der Waals surface area contributed by atoms with Crippen LogP contribution in [-0.4, -0.2) is 42.6 Å². The largest absolute Gasteiger partial charge is 0.497 e. The fourth-order valence-corrected chi connectivity index (χ4v) is 3.76. The second kappa shape index (κ2) is 9.44. The fourth-order valence-electron chi connectivity index (χ4n) is 3.76. The predicted molar refractivity (Wildman–Crippen MR) is 119 cm³/mol. The van der Waals surface area contributed by atoms with E-state index >= 15 is 0 Å². The molecule has 0 saturated carbocycles. The van der Waals surface area contributed by atoms with Gasteiger partial charge in [-0.05, 0) is 48.1 Å². The molecule has 0 fully saturated rings. The second-order valence-electron chi connectivity index (χ2n) is 7.35. The van der Waals surface area contributed by atoms with Crippen molar-refractivity contribution in [3.63, 3.8) is 0 Å². The molecule has 1 aromatic heterocycles. The van der Waals surface area contributed by atoms with Crippen molar-refractivity contribution in [1.82, 2.24) is 9.88 Å². The van der Waals surface area contributed by atoms with Gasteiger partial charge in [0, 0.05) is 42.9 Å². The Morgan fingerprint density at radius 3 is 2.63 bits per heavy atom. The van der Waals surface area contributed by atoms with Gasteiger partial charge in [0.25, 0.3) is 0 Å². The lowest BCUT2D eigenvalue weighted by molar-refractivity contribution is -0.131. The van der Waals surface area contributed by atoms with Gasteiger partial charge in [-0.1, -0.05) is 30.3 Å². The number of hydrogen-bond acceptors (Lipinski definition) is 4. The molecule has 1 amide bonds. The van der Waals surface area contributed by atoms with E-state index in [4.69, 9.17) is 9.47 Å². The summed E-state index contributed by atoms with van der Waals surface area (Å²) in [5.74, 6) is 1.77. The summed E-state index contributed by atoms with van der Waals surface area (Å²) >= 11 is 0. The van der Waals surface area contributed by atoms with E-state index in [0.717, 1.165) is 29.9 Å². The Labute approximate surface area is 176 Å². The van der Waals surface area contributed by atoms with Crippen LogP contribution in [0.3, 0.4) is 0 Å². The highest BCUT2D eigenvalue weighted by molar-refractivity contribution is 5.93. The van der Waals surface area contributed by atoms with Gasteiger partial charge in [-0.2, -0.15) is 0 Å². The van der Waals surface area contributed by atoms with Crippen molar-refractivity contribution in [1.29, 1.82) is 0 Å². The number of benzene rings is 2. The molecule has 0 aliphatic carbocycles. The molecule has 1 aliphatic heterocycles. The molecule has 2 aromatic carbocycles. The minimum absolute atomic E-state index is 0.180. The predicted octanol–water partition coefficient (Wildman–Crippen LogP) is 4.72. The molecule has 0 saturated heterocycles. The highest BCUT2D eigenvalue weighted by Gasteiger charge is 2.18. The topological polar surface area (TPSA) is 51.7 Å². The Bertz CT molecular complexity index is 1040. The maximum atomic E-state index is 12.6. The number of amides is 1. The number of fused-ring (bicyclic) bond motifs is 1. The average molecular weight is 402 g/mol. The maximum Gasteiger partial charge on any atom is 0.222 e. The van der Waals surface area contributed by atoms with E-state index in [1.165, 1.54) is 16.5 Å². The SMILES string of the molecule is COc1ccc(OCCCC(=O)N2CC=C(c3cncc4ccccc34)CC2)cc1. The highest BCUT2D eigenvalue weighted by atomic mass is 16.5. The molecule has 2 heterocycles. The average Bonchev–Trinajstić information content (AvgIpc) is 2.82.